The zero-order valence-electron chi connectivity index (χ0n) is 50.6. The van der Waals surface area contributed by atoms with Crippen molar-refractivity contribution in [2.75, 3.05) is 0 Å². The molecule has 438 valence electrons. The number of aromatic nitrogens is 9. The summed E-state index contributed by atoms with van der Waals surface area (Å²) in [6, 6.07) is 101. The van der Waals surface area contributed by atoms with Crippen LogP contribution in [0.4, 0.5) is 0 Å². The van der Waals surface area contributed by atoms with E-state index in [4.69, 9.17) is 29.9 Å². The molecular formula is C85H53N9. The Morgan fingerprint density at radius 3 is 0.979 bits per heavy atom. The highest BCUT2D eigenvalue weighted by molar-refractivity contribution is 5.95. The molecule has 0 saturated carbocycles. The molecule has 0 atom stereocenters. The van der Waals surface area contributed by atoms with Gasteiger partial charge in [-0.15, -0.1) is 0 Å². The van der Waals surface area contributed by atoms with Gasteiger partial charge < -0.3 is 0 Å². The Hall–Kier alpha value is -12.9. The van der Waals surface area contributed by atoms with Crippen molar-refractivity contribution in [3.8, 4) is 101 Å². The minimum atomic E-state index is 0.862. The summed E-state index contributed by atoms with van der Waals surface area (Å²) >= 11 is 0. The van der Waals surface area contributed by atoms with Gasteiger partial charge in [-0.25, -0.2) is 19.9 Å². The van der Waals surface area contributed by atoms with Gasteiger partial charge in [-0.3, -0.25) is 24.9 Å². The minimum Gasteiger partial charge on any atom is -0.256 e. The van der Waals surface area contributed by atoms with Crippen molar-refractivity contribution in [1.82, 2.24) is 44.9 Å². The van der Waals surface area contributed by atoms with Gasteiger partial charge in [-0.1, -0.05) is 146 Å². The number of nitrogens with zero attached hydrogens (tertiary/aromatic N) is 9. The average Bonchev–Trinajstić information content (AvgIpc) is 0.935. The molecule has 9 heterocycles. The fraction of sp³-hybridized carbons (Fsp3) is 0. The Kier molecular flexibility index (Phi) is 14.0. The fourth-order valence-electron chi connectivity index (χ4n) is 12.5. The quantitative estimate of drug-likeness (QED) is 0.139. The molecule has 9 heteroatoms. The summed E-state index contributed by atoms with van der Waals surface area (Å²) in [7, 11) is 0. The molecule has 0 bridgehead atoms. The molecule has 0 aliphatic rings. The molecule has 18 aromatic rings. The Labute approximate surface area is 541 Å². The maximum absolute atomic E-state index is 5.19. The molecule has 0 fully saturated rings. The number of hydrogen-bond donors (Lipinski definition) is 0. The van der Waals surface area contributed by atoms with Gasteiger partial charge in [0.05, 0.1) is 72.8 Å². The molecule has 0 aliphatic carbocycles. The van der Waals surface area contributed by atoms with Crippen molar-refractivity contribution in [2.45, 2.75) is 0 Å². The summed E-state index contributed by atoms with van der Waals surface area (Å²) in [5.74, 6) is 0. The first kappa shape index (κ1) is 55.2. The zero-order valence-corrected chi connectivity index (χ0v) is 50.6. The second-order valence-electron chi connectivity index (χ2n) is 23.5. The summed E-state index contributed by atoms with van der Waals surface area (Å²) in [5, 5.41) is 7.72. The van der Waals surface area contributed by atoms with Gasteiger partial charge in [0.2, 0.25) is 0 Å². The van der Waals surface area contributed by atoms with Crippen LogP contribution in [0.25, 0.3) is 177 Å². The van der Waals surface area contributed by atoms with E-state index in [1.165, 1.54) is 0 Å². The number of para-hydroxylation sites is 3. The molecule has 94 heavy (non-hydrogen) atoms. The first-order valence-corrected chi connectivity index (χ1v) is 31.3. The van der Waals surface area contributed by atoms with Crippen molar-refractivity contribution in [3.05, 3.63) is 322 Å². The van der Waals surface area contributed by atoms with E-state index < -0.39 is 0 Å². The minimum absolute atomic E-state index is 0.862. The van der Waals surface area contributed by atoms with Gasteiger partial charge in [0.25, 0.3) is 0 Å². The summed E-state index contributed by atoms with van der Waals surface area (Å²) in [6.45, 7) is 0. The van der Waals surface area contributed by atoms with Crippen molar-refractivity contribution in [3.63, 3.8) is 0 Å². The molecule has 9 nitrogen and oxygen atoms in total. The highest BCUT2D eigenvalue weighted by Crippen LogP contribution is 2.37. The molecule has 9 aromatic carbocycles. The molecule has 0 aliphatic heterocycles. The van der Waals surface area contributed by atoms with E-state index in [1.54, 1.807) is 12.4 Å². The van der Waals surface area contributed by atoms with Crippen LogP contribution >= 0.6 is 0 Å². The Balaban J connectivity index is 0.000000146. The van der Waals surface area contributed by atoms with E-state index >= 15 is 0 Å². The van der Waals surface area contributed by atoms with Crippen LogP contribution < -0.4 is 0 Å². The predicted octanol–water partition coefficient (Wildman–Crippen LogP) is 21.0. The number of rotatable bonds is 9. The van der Waals surface area contributed by atoms with E-state index in [2.05, 4.69) is 215 Å². The largest absolute Gasteiger partial charge is 0.256 e. The summed E-state index contributed by atoms with van der Waals surface area (Å²) in [5.41, 5.74) is 25.1. The molecule has 9 aromatic heterocycles. The molecule has 0 spiro atoms. The molecule has 18 rings (SSSR count). The third kappa shape index (κ3) is 11.1. The lowest BCUT2D eigenvalue weighted by molar-refractivity contribution is 1.28. The van der Waals surface area contributed by atoms with E-state index in [0.717, 1.165) is 177 Å². The van der Waals surface area contributed by atoms with Crippen LogP contribution in [-0.2, 0) is 0 Å². The Bertz CT molecular complexity index is 5860. The van der Waals surface area contributed by atoms with Crippen molar-refractivity contribution >= 4 is 76.3 Å². The normalized spacial score (nSPS) is 11.4. The van der Waals surface area contributed by atoms with Crippen LogP contribution in [0.3, 0.4) is 0 Å². The first-order chi connectivity index (χ1) is 46.5. The van der Waals surface area contributed by atoms with Crippen LogP contribution in [-0.4, -0.2) is 44.9 Å². The van der Waals surface area contributed by atoms with E-state index in [9.17, 15) is 0 Å². The SMILES string of the molecule is c1ccc(-c2ccc3ccc(-c4ccc5nc(-c6cc(-c7cnc8ccccc8c7)cc(-c7cnc8ccccc8c7)c6)ccc5c4)cc3n2)nc1.c1ccc(-c2ccc3ccc(-c4ccc5nc(-c6cccc(-c7cnc8ccccc8c7)c6)ccc5c4)cc3n2)nc1. The highest BCUT2D eigenvalue weighted by Gasteiger charge is 2.15. The maximum atomic E-state index is 5.19. The van der Waals surface area contributed by atoms with Crippen LogP contribution in [0, 0.1) is 0 Å². The molecular weight excluding hydrogens is 1150 g/mol. The number of hydrogen-bond acceptors (Lipinski definition) is 9. The van der Waals surface area contributed by atoms with E-state index in [-0.39, 0.29) is 0 Å². The smallest absolute Gasteiger partial charge is 0.0893 e. The van der Waals surface area contributed by atoms with Crippen molar-refractivity contribution in [2.24, 2.45) is 0 Å². The van der Waals surface area contributed by atoms with Crippen LogP contribution in [0.2, 0.25) is 0 Å². The van der Waals surface area contributed by atoms with Gasteiger partial charge in [0.1, 0.15) is 0 Å². The lowest BCUT2D eigenvalue weighted by Gasteiger charge is -2.12. The van der Waals surface area contributed by atoms with Gasteiger partial charge in [-0.05, 0) is 185 Å². The lowest BCUT2D eigenvalue weighted by Crippen LogP contribution is -1.91. The van der Waals surface area contributed by atoms with Crippen molar-refractivity contribution < 1.29 is 0 Å². The highest BCUT2D eigenvalue weighted by atomic mass is 14.8. The van der Waals surface area contributed by atoms with Gasteiger partial charge in [0.15, 0.2) is 0 Å². The second kappa shape index (κ2) is 23.8. The van der Waals surface area contributed by atoms with Gasteiger partial charge in [-0.2, -0.15) is 0 Å². The Morgan fingerprint density at radius 1 is 0.149 bits per heavy atom. The third-order valence-electron chi connectivity index (χ3n) is 17.4. The zero-order chi connectivity index (χ0) is 62.3. The standard InChI is InChI=1S/C47H29N5.C38H24N4/c1-3-9-41-33(7-1)22-39(28-49-41)36-24-37(40-23-34-8-2-4-10-42(34)50-29-40)26-38(25-36)44-18-16-35-21-31(15-17-43(35)51-44)32-13-12-30-14-19-46(52-47(30)27-32)45-11-5-6-20-48-45;1-2-9-33-29(6-1)22-32(24-40-33)26-7-5-8-30(20-26)34-17-15-31-21-27(14-16-35(31)41-34)28-12-11-25-13-18-37(42-38(25)23-28)36-10-3-4-19-39-36/h1-29H;1-24H. The van der Waals surface area contributed by atoms with Crippen molar-refractivity contribution in [1.29, 1.82) is 0 Å². The molecule has 0 radical (unpaired) electrons. The maximum Gasteiger partial charge on any atom is 0.0893 e. The fourth-order valence-corrected chi connectivity index (χ4v) is 12.5. The van der Waals surface area contributed by atoms with Gasteiger partial charge in [0, 0.05) is 96.5 Å². The van der Waals surface area contributed by atoms with E-state index in [0.29, 0.717) is 0 Å². The summed E-state index contributed by atoms with van der Waals surface area (Å²) in [4.78, 5) is 43.2. The Morgan fingerprint density at radius 2 is 0.489 bits per heavy atom. The average molecular weight is 1200 g/mol. The predicted molar refractivity (Wildman–Crippen MR) is 385 cm³/mol. The number of benzene rings is 9. The van der Waals surface area contributed by atoms with Crippen LogP contribution in [0.1, 0.15) is 0 Å². The summed E-state index contributed by atoms with van der Waals surface area (Å²) in [6.07, 6.45) is 9.46. The monoisotopic (exact) mass is 1200 g/mol. The third-order valence-corrected chi connectivity index (χ3v) is 17.4. The lowest BCUT2D eigenvalue weighted by atomic mass is 9.94. The van der Waals surface area contributed by atoms with Crippen LogP contribution in [0.5, 0.6) is 0 Å². The summed E-state index contributed by atoms with van der Waals surface area (Å²) < 4.78 is 0. The number of pyridine rings is 9. The topological polar surface area (TPSA) is 116 Å². The molecule has 0 N–H and O–H groups in total. The van der Waals surface area contributed by atoms with E-state index in [1.807, 2.05) is 110 Å². The molecule has 0 unspecified atom stereocenters. The van der Waals surface area contributed by atoms with Gasteiger partial charge >= 0.3 is 0 Å². The molecule has 0 amide bonds. The first-order valence-electron chi connectivity index (χ1n) is 31.3. The number of fused-ring (bicyclic) bond motifs is 7. The molecule has 0 saturated heterocycles. The van der Waals surface area contributed by atoms with Crippen LogP contribution in [0.15, 0.2) is 322 Å². The second-order valence-corrected chi connectivity index (χ2v) is 23.5.